The van der Waals surface area contributed by atoms with E-state index in [0.717, 1.165) is 36.6 Å². The summed E-state index contributed by atoms with van der Waals surface area (Å²) in [6.07, 6.45) is 41.1. The number of carbonyl (C=O) groups is 1. The van der Waals surface area contributed by atoms with Gasteiger partial charge in [0.1, 0.15) is 0 Å². The second kappa shape index (κ2) is 36.2. The molecule has 1 amide bonds. The second-order valence-electron chi connectivity index (χ2n) is 28.4. The highest BCUT2D eigenvalue weighted by atomic mass is 16.2. The number of para-hydroxylation sites is 1. The third kappa shape index (κ3) is 25.0. The van der Waals surface area contributed by atoms with Gasteiger partial charge < -0.3 is 52.8 Å². The lowest BCUT2D eigenvalue weighted by Gasteiger charge is -2.56. The van der Waals surface area contributed by atoms with Gasteiger partial charge in [0.05, 0.1) is 5.54 Å². The Hall–Kier alpha value is -1.83. The SMILES string of the molecule is C.CCCNC(=O)C(C)(C)NC.CN1CCCC1.CNC1(C)CC1.CNC1(C)CCC1.CNC1(C)CCCC1.CNC1(C)CCCCC1.CNC12CC3CC(CC(C3)C1)C2.CNC12CCCC1CCC2.CNc1c(C)cccc1C. The summed E-state index contributed by atoms with van der Waals surface area (Å²) < 4.78 is 0. The lowest BCUT2D eigenvalue weighted by molar-refractivity contribution is -0.126. The van der Waals surface area contributed by atoms with E-state index in [9.17, 15) is 4.79 Å². The molecule has 1 saturated heterocycles. The zero-order valence-electron chi connectivity index (χ0n) is 55.5. The van der Waals surface area contributed by atoms with Gasteiger partial charge in [-0.05, 0) is 301 Å². The van der Waals surface area contributed by atoms with Crippen molar-refractivity contribution in [2.75, 3.05) is 88.4 Å². The zero-order valence-corrected chi connectivity index (χ0v) is 55.5. The molecule has 12 rings (SSSR count). The topological polar surface area (TPSA) is 129 Å². The van der Waals surface area contributed by atoms with Crippen LogP contribution >= 0.6 is 0 Å². The summed E-state index contributed by atoms with van der Waals surface area (Å²) in [7, 11) is 18.4. The smallest absolute Gasteiger partial charge is 0.239 e. The highest BCUT2D eigenvalue weighted by molar-refractivity contribution is 5.85. The first-order valence-electron chi connectivity index (χ1n) is 33.0. The van der Waals surface area contributed by atoms with Crippen LogP contribution in [0.25, 0.3) is 0 Å². The Morgan fingerprint density at radius 1 is 0.550 bits per heavy atom. The number of hydrogen-bond acceptors (Lipinski definition) is 10. The molecule has 1 aromatic carbocycles. The maximum atomic E-state index is 11.3. The van der Waals surface area contributed by atoms with Crippen molar-refractivity contribution in [1.29, 1.82) is 0 Å². The molecule has 0 atom stereocenters. The molecule has 10 aliphatic carbocycles. The van der Waals surface area contributed by atoms with Crippen LogP contribution in [0.4, 0.5) is 5.69 Å². The summed E-state index contributed by atoms with van der Waals surface area (Å²) in [5.74, 6) is 4.34. The minimum Gasteiger partial charge on any atom is -0.388 e. The minimum atomic E-state index is -0.449. The van der Waals surface area contributed by atoms with E-state index < -0.39 is 5.54 Å². The van der Waals surface area contributed by atoms with E-state index in [0.29, 0.717) is 33.2 Å². The molecular formula is C69H138N10O. The quantitative estimate of drug-likeness (QED) is 0.106. The summed E-state index contributed by atoms with van der Waals surface area (Å²) in [5, 5.41) is 29.3. The Labute approximate surface area is 497 Å². The van der Waals surface area contributed by atoms with E-state index in [1.54, 1.807) is 26.3 Å². The van der Waals surface area contributed by atoms with Crippen LogP contribution < -0.4 is 47.9 Å². The van der Waals surface area contributed by atoms with E-state index >= 15 is 0 Å². The van der Waals surface area contributed by atoms with Crippen LogP contribution in [0.15, 0.2) is 18.2 Å². The minimum absolute atomic E-state index is 0. The van der Waals surface area contributed by atoms with Crippen LogP contribution in [-0.4, -0.2) is 133 Å². The van der Waals surface area contributed by atoms with Crippen LogP contribution in [0.5, 0.6) is 0 Å². The second-order valence-corrected chi connectivity index (χ2v) is 28.4. The fourth-order valence-corrected chi connectivity index (χ4v) is 14.5. The monoisotopic (exact) mass is 1120 g/mol. The lowest BCUT2D eigenvalue weighted by atomic mass is 9.53. The van der Waals surface area contributed by atoms with Crippen LogP contribution in [0, 0.1) is 37.5 Å². The molecule has 1 heterocycles. The maximum absolute atomic E-state index is 11.3. The van der Waals surface area contributed by atoms with Crippen molar-refractivity contribution in [2.45, 2.75) is 295 Å². The molecule has 0 aromatic heterocycles. The first-order chi connectivity index (χ1) is 37.4. The number of nitrogens with one attached hydrogen (secondary N) is 9. The first kappa shape index (κ1) is 74.3. The number of amides is 1. The Morgan fingerprint density at radius 3 is 1.20 bits per heavy atom. The van der Waals surface area contributed by atoms with Gasteiger partial charge >= 0.3 is 0 Å². The van der Waals surface area contributed by atoms with Gasteiger partial charge in [-0.3, -0.25) is 4.79 Å². The third-order valence-corrected chi connectivity index (χ3v) is 21.5. The third-order valence-electron chi connectivity index (χ3n) is 21.5. The van der Waals surface area contributed by atoms with Gasteiger partial charge in [0.2, 0.25) is 5.91 Å². The van der Waals surface area contributed by atoms with Crippen molar-refractivity contribution >= 4 is 11.6 Å². The van der Waals surface area contributed by atoms with Crippen molar-refractivity contribution < 1.29 is 4.79 Å². The molecule has 11 fully saturated rings. The van der Waals surface area contributed by atoms with E-state index in [4.69, 9.17) is 0 Å². The molecule has 4 bridgehead atoms. The summed E-state index contributed by atoms with van der Waals surface area (Å²) in [6, 6.07) is 6.29. The number of aryl methyl sites for hydroxylation is 2. The van der Waals surface area contributed by atoms with Crippen molar-refractivity contribution in [3.63, 3.8) is 0 Å². The van der Waals surface area contributed by atoms with Crippen LogP contribution in [0.3, 0.4) is 0 Å². The highest BCUT2D eigenvalue weighted by Gasteiger charge is 2.50. The Kier molecular flexibility index (Phi) is 33.6. The molecule has 11 nitrogen and oxygen atoms in total. The van der Waals surface area contributed by atoms with Crippen LogP contribution in [0.1, 0.15) is 253 Å². The van der Waals surface area contributed by atoms with Gasteiger partial charge in [0.25, 0.3) is 0 Å². The number of carbonyl (C=O) groups excluding carboxylic acids is 1. The predicted molar refractivity (Wildman–Crippen MR) is 353 cm³/mol. The number of rotatable bonds is 11. The Morgan fingerprint density at radius 2 is 0.950 bits per heavy atom. The van der Waals surface area contributed by atoms with E-state index in [1.807, 2.05) is 41.9 Å². The number of nitrogens with zero attached hydrogens (tertiary/aromatic N) is 1. The normalized spacial score (nSPS) is 28.7. The number of likely N-dealkylation sites (tertiary alicyclic amines) is 1. The molecule has 470 valence electrons. The molecule has 10 saturated carbocycles. The van der Waals surface area contributed by atoms with Gasteiger partial charge in [0.15, 0.2) is 0 Å². The number of anilines is 1. The van der Waals surface area contributed by atoms with Gasteiger partial charge in [-0.1, -0.05) is 77.5 Å². The predicted octanol–water partition coefficient (Wildman–Crippen LogP) is 13.7. The summed E-state index contributed by atoms with van der Waals surface area (Å²) in [4.78, 5) is 13.6. The van der Waals surface area contributed by atoms with Gasteiger partial charge in [-0.2, -0.15) is 0 Å². The number of hydrogen-bond donors (Lipinski definition) is 9. The Bertz CT molecular complexity index is 1720. The molecule has 9 N–H and O–H groups in total. The molecular weight excluding hydrogens is 985 g/mol. The van der Waals surface area contributed by atoms with Crippen LogP contribution in [-0.2, 0) is 4.79 Å². The number of likely N-dealkylation sites (N-methyl/N-ethyl adjacent to an activating group) is 1. The molecule has 0 radical (unpaired) electrons. The highest BCUT2D eigenvalue weighted by Crippen LogP contribution is 2.55. The molecule has 11 aliphatic rings. The molecule has 1 aromatic rings. The summed E-state index contributed by atoms with van der Waals surface area (Å²) >= 11 is 0. The van der Waals surface area contributed by atoms with E-state index in [2.05, 4.69) is 148 Å². The van der Waals surface area contributed by atoms with E-state index in [-0.39, 0.29) is 13.3 Å². The zero-order chi connectivity index (χ0) is 58.8. The van der Waals surface area contributed by atoms with E-state index in [1.165, 1.54) is 190 Å². The fourth-order valence-electron chi connectivity index (χ4n) is 14.5. The summed E-state index contributed by atoms with van der Waals surface area (Å²) in [6.45, 7) is 22.5. The van der Waals surface area contributed by atoms with Gasteiger partial charge in [-0.15, -0.1) is 0 Å². The molecule has 0 spiro atoms. The lowest BCUT2D eigenvalue weighted by Crippen LogP contribution is -2.57. The molecule has 0 unspecified atom stereocenters. The van der Waals surface area contributed by atoms with Gasteiger partial charge in [0, 0.05) is 52.5 Å². The largest absolute Gasteiger partial charge is 0.388 e. The molecule has 80 heavy (non-hydrogen) atoms. The van der Waals surface area contributed by atoms with Crippen molar-refractivity contribution in [1.82, 2.24) is 47.4 Å². The average Bonchev–Trinajstić information content (AvgIpc) is 3.97. The number of benzene rings is 1. The van der Waals surface area contributed by atoms with Gasteiger partial charge in [-0.25, -0.2) is 0 Å². The average molecular weight is 1120 g/mol. The van der Waals surface area contributed by atoms with Crippen LogP contribution in [0.2, 0.25) is 0 Å². The maximum Gasteiger partial charge on any atom is 0.239 e. The van der Waals surface area contributed by atoms with Crippen molar-refractivity contribution in [3.05, 3.63) is 29.3 Å². The number of fused-ring (bicyclic) bond motifs is 1. The van der Waals surface area contributed by atoms with Crippen molar-refractivity contribution in [3.8, 4) is 0 Å². The standard InChI is InChI=1S/C11H19N.C9H17N.C9H13N.C8H18N2O.C8H17N.C7H15N.C6H13N.2C5H11N.CH4/c1-12-11-5-8-2-9(6-11)4-10(3-8)7-11;1-10-9-6-2-4-8(9)5-3-7-9;1-7-5-4-6-8(2)9(7)10-3;1-5-6-10-7(11)8(2,3)9-4;1-8(9-2)6-4-3-5-7-8;1-7(8-2)5-3-4-6-7;1-6(7-2)4-3-5-6;1-5(6-2)3-4-5;1-6-4-2-3-5-6;/h8-10,12H,2-7H2,1H3;8,10H,2-7H2,1H3;4-6,10H,1-3H3;9H,5-6H2,1-4H3,(H,10,11);9H,3-7H2,1-2H3;8H,3-6H2,1-2H3;7H,3-5H2,1-2H3;6H,3-4H2,1-2H3;2-5H2,1H3;1H4. The fraction of sp³-hybridized carbons (Fsp3) is 0.899. The summed E-state index contributed by atoms with van der Waals surface area (Å²) in [5.41, 5.74) is 6.62. The Balaban J connectivity index is 0.000000310. The molecule has 11 heteroatoms. The first-order valence-corrected chi connectivity index (χ1v) is 33.0. The molecule has 1 aliphatic heterocycles. The van der Waals surface area contributed by atoms with Crippen molar-refractivity contribution in [2.24, 2.45) is 23.7 Å².